The zero-order valence-electron chi connectivity index (χ0n) is 40.1. The molecule has 2 aliphatic carbocycles. The molecule has 0 aliphatic heterocycles. The van der Waals surface area contributed by atoms with Gasteiger partial charge in [-0.1, -0.05) is 153 Å². The average molecular weight is 832 g/mol. The Hall–Kier alpha value is -4.65. The highest BCUT2D eigenvalue weighted by Crippen LogP contribution is 2.42. The van der Waals surface area contributed by atoms with E-state index in [0.717, 1.165) is 55.1 Å². The second kappa shape index (κ2) is 16.9. The summed E-state index contributed by atoms with van der Waals surface area (Å²) in [7, 11) is 0. The zero-order valence-corrected chi connectivity index (χ0v) is 40.1. The first-order valence-corrected chi connectivity index (χ1v) is 22.2. The lowest BCUT2D eigenvalue weighted by Crippen LogP contribution is -2.35. The minimum atomic E-state index is -0.553. The second-order valence-electron chi connectivity index (χ2n) is 22.7. The van der Waals surface area contributed by atoms with Crippen molar-refractivity contribution in [2.75, 3.05) is 13.2 Å². The van der Waals surface area contributed by atoms with Crippen LogP contribution in [0.25, 0.3) is 23.3 Å². The third-order valence-electron chi connectivity index (χ3n) is 12.0. The molecule has 0 unspecified atom stereocenters. The van der Waals surface area contributed by atoms with Gasteiger partial charge in [-0.05, 0) is 92.0 Å². The smallest absolute Gasteiger partial charge is 0.340 e. The quantitative estimate of drug-likeness (QED) is 0.146. The summed E-state index contributed by atoms with van der Waals surface area (Å²) in [6, 6.07) is 10.3. The molecule has 0 bridgehead atoms. The summed E-state index contributed by atoms with van der Waals surface area (Å²) in [6.07, 6.45) is 10.9. The van der Waals surface area contributed by atoms with Gasteiger partial charge in [0.05, 0.1) is 29.8 Å². The number of aromatic hydroxyl groups is 2. The number of carbonyl (C=O) groups excluding carboxylic acids is 2. The monoisotopic (exact) mass is 832 g/mol. The molecule has 0 atom stereocenters. The van der Waals surface area contributed by atoms with Gasteiger partial charge in [0, 0.05) is 34.5 Å². The third-order valence-corrected chi connectivity index (χ3v) is 12.0. The van der Waals surface area contributed by atoms with Gasteiger partial charge in [0.1, 0.15) is 11.5 Å². The SMILES string of the molecule is CC1(C)C=Cc2cc3c(nc2=C1)C(C(=O)OCCCc1cc(C(C)(C)C)c(O)c(C(C)(C)C)c1)=CC(C)(C)C=3CCOC(=O)CCc1cc(C(C)(C)C)c(O)c(C(C)(C)C)c1. The van der Waals surface area contributed by atoms with Crippen LogP contribution in [0.4, 0.5) is 0 Å². The highest BCUT2D eigenvalue weighted by atomic mass is 16.5. The Labute approximate surface area is 366 Å². The number of aromatic nitrogens is 1. The van der Waals surface area contributed by atoms with E-state index in [1.807, 2.05) is 18.2 Å². The van der Waals surface area contributed by atoms with Crippen LogP contribution in [0, 0.1) is 10.8 Å². The Morgan fingerprint density at radius 3 is 1.62 bits per heavy atom. The number of ether oxygens (including phenoxy) is 2. The normalized spacial score (nSPS) is 16.0. The molecule has 7 nitrogen and oxygen atoms in total. The molecule has 0 saturated heterocycles. The molecule has 330 valence electrons. The van der Waals surface area contributed by atoms with Crippen LogP contribution in [-0.4, -0.2) is 40.3 Å². The van der Waals surface area contributed by atoms with Crippen molar-refractivity contribution in [2.45, 2.75) is 165 Å². The molecule has 5 rings (SSSR count). The number of allylic oxidation sites excluding steroid dienone is 2. The maximum atomic E-state index is 14.1. The Morgan fingerprint density at radius 2 is 1.13 bits per heavy atom. The van der Waals surface area contributed by atoms with E-state index in [1.165, 1.54) is 0 Å². The topological polar surface area (TPSA) is 106 Å². The molecule has 61 heavy (non-hydrogen) atoms. The molecule has 0 saturated carbocycles. The summed E-state index contributed by atoms with van der Waals surface area (Å²) < 4.78 is 11.9. The summed E-state index contributed by atoms with van der Waals surface area (Å²) in [6.45, 7) is 34.0. The Kier molecular flexibility index (Phi) is 13.1. The lowest BCUT2D eigenvalue weighted by molar-refractivity contribution is -0.143. The number of esters is 2. The summed E-state index contributed by atoms with van der Waals surface area (Å²) in [5, 5.41) is 24.0. The van der Waals surface area contributed by atoms with Crippen LogP contribution in [0.1, 0.15) is 175 Å². The van der Waals surface area contributed by atoms with Gasteiger partial charge < -0.3 is 19.7 Å². The molecule has 1 heterocycles. The van der Waals surface area contributed by atoms with E-state index >= 15 is 0 Å². The molecular formula is C54H73NO6. The molecule has 2 N–H and O–H groups in total. The van der Waals surface area contributed by atoms with Gasteiger partial charge >= 0.3 is 11.9 Å². The molecule has 0 amide bonds. The highest BCUT2D eigenvalue weighted by molar-refractivity contribution is 6.17. The summed E-state index contributed by atoms with van der Waals surface area (Å²) >= 11 is 0. The molecule has 0 spiro atoms. The fourth-order valence-electron chi connectivity index (χ4n) is 8.48. The van der Waals surface area contributed by atoms with Crippen LogP contribution in [0.3, 0.4) is 0 Å². The van der Waals surface area contributed by atoms with Crippen LogP contribution < -0.4 is 10.6 Å². The van der Waals surface area contributed by atoms with E-state index in [1.54, 1.807) is 0 Å². The van der Waals surface area contributed by atoms with E-state index in [0.29, 0.717) is 48.4 Å². The van der Waals surface area contributed by atoms with Crippen LogP contribution in [0.5, 0.6) is 11.5 Å². The van der Waals surface area contributed by atoms with E-state index in [4.69, 9.17) is 14.5 Å². The lowest BCUT2D eigenvalue weighted by Gasteiger charge is -2.31. The summed E-state index contributed by atoms with van der Waals surface area (Å²) in [5.74, 6) is -0.00683. The molecule has 7 heteroatoms. The maximum absolute atomic E-state index is 14.1. The summed E-state index contributed by atoms with van der Waals surface area (Å²) in [4.78, 5) is 32.4. The predicted molar refractivity (Wildman–Crippen MR) is 250 cm³/mol. The van der Waals surface area contributed by atoms with Gasteiger partial charge in [0.15, 0.2) is 0 Å². The predicted octanol–water partition coefficient (Wildman–Crippen LogP) is 10.8. The van der Waals surface area contributed by atoms with Gasteiger partial charge in [-0.2, -0.15) is 0 Å². The van der Waals surface area contributed by atoms with Crippen molar-refractivity contribution in [3.63, 3.8) is 0 Å². The minimum absolute atomic E-state index is 0.190. The molecule has 0 radical (unpaired) electrons. The van der Waals surface area contributed by atoms with Gasteiger partial charge in [0.25, 0.3) is 0 Å². The van der Waals surface area contributed by atoms with Crippen molar-refractivity contribution in [1.29, 1.82) is 0 Å². The maximum Gasteiger partial charge on any atom is 0.340 e. The molecular weight excluding hydrogens is 759 g/mol. The van der Waals surface area contributed by atoms with E-state index < -0.39 is 11.4 Å². The van der Waals surface area contributed by atoms with Crippen molar-refractivity contribution < 1.29 is 29.3 Å². The first kappa shape index (κ1) is 47.4. The fourth-order valence-corrected chi connectivity index (χ4v) is 8.48. The van der Waals surface area contributed by atoms with Crippen molar-refractivity contribution in [3.8, 4) is 11.5 Å². The number of phenolic OH excluding ortho intramolecular Hbond substituents is 2. The van der Waals surface area contributed by atoms with E-state index in [9.17, 15) is 19.8 Å². The number of phenols is 2. The average Bonchev–Trinajstić information content (AvgIpc) is 3.11. The standard InChI is InChI=1S/C54H73NO6/c1-49(2,3)39-26-33(27-40(46(39)57)50(4,5)6)18-17-24-61-48(59)37-31-54(15,16)38(36-30-35-21-23-53(13,14)32-43(35)55-45(36)37)22-25-60-44(56)20-19-34-28-41(51(7,8)9)47(58)42(29-34)52(10,11)12/h21,23,26-32,57-58H,17-20,22,24-25H2,1-16H3. The van der Waals surface area contributed by atoms with Crippen LogP contribution in [0.2, 0.25) is 0 Å². The number of pyridine rings is 1. The Balaban J connectivity index is 1.35. The lowest BCUT2D eigenvalue weighted by atomic mass is 9.75. The number of hydrogen-bond donors (Lipinski definition) is 2. The van der Waals surface area contributed by atoms with Gasteiger partial charge in [-0.3, -0.25) is 4.79 Å². The molecule has 2 aliphatic rings. The third kappa shape index (κ3) is 11.1. The number of rotatable bonds is 11. The Morgan fingerprint density at radius 1 is 0.639 bits per heavy atom. The number of hydrogen-bond acceptors (Lipinski definition) is 7. The highest BCUT2D eigenvalue weighted by Gasteiger charge is 2.34. The summed E-state index contributed by atoms with van der Waals surface area (Å²) in [5.41, 5.74) is 7.03. The first-order valence-electron chi connectivity index (χ1n) is 22.2. The number of fused-ring (bicyclic) bond motifs is 2. The molecule has 2 aromatic carbocycles. The van der Waals surface area contributed by atoms with Crippen molar-refractivity contribution in [3.05, 3.63) is 97.7 Å². The van der Waals surface area contributed by atoms with Crippen molar-refractivity contribution >= 4 is 35.2 Å². The Bertz CT molecular complexity index is 2310. The zero-order chi connectivity index (χ0) is 45.7. The molecule has 0 fully saturated rings. The first-order chi connectivity index (χ1) is 27.9. The van der Waals surface area contributed by atoms with Gasteiger partial charge in [0.2, 0.25) is 0 Å². The van der Waals surface area contributed by atoms with Gasteiger partial charge in [-0.15, -0.1) is 0 Å². The number of benzene rings is 2. The number of nitrogens with zero attached hydrogens (tertiary/aromatic N) is 1. The van der Waals surface area contributed by atoms with Crippen molar-refractivity contribution in [1.82, 2.24) is 4.98 Å². The second-order valence-corrected chi connectivity index (χ2v) is 22.7. The van der Waals surface area contributed by atoms with E-state index in [-0.39, 0.29) is 52.7 Å². The van der Waals surface area contributed by atoms with Crippen LogP contribution >= 0.6 is 0 Å². The van der Waals surface area contributed by atoms with Crippen molar-refractivity contribution in [2.24, 2.45) is 10.8 Å². The largest absolute Gasteiger partial charge is 0.507 e. The number of carbonyl (C=O) groups is 2. The fraction of sp³-hybridized carbons (Fsp3) is 0.537. The molecule has 3 aromatic rings. The van der Waals surface area contributed by atoms with Crippen LogP contribution in [0.15, 0.2) is 42.5 Å². The van der Waals surface area contributed by atoms with Crippen LogP contribution in [-0.2, 0) is 53.6 Å². The van der Waals surface area contributed by atoms with Gasteiger partial charge in [-0.25, -0.2) is 9.78 Å². The van der Waals surface area contributed by atoms with E-state index in [2.05, 4.69) is 147 Å². The minimum Gasteiger partial charge on any atom is -0.507 e. The number of aryl methyl sites for hydroxylation is 2. The molecule has 1 aromatic heterocycles.